The predicted octanol–water partition coefficient (Wildman–Crippen LogP) is 1.80. The van der Waals surface area contributed by atoms with E-state index in [1.807, 2.05) is 0 Å². The molecule has 3 rings (SSSR count). The summed E-state index contributed by atoms with van der Waals surface area (Å²) in [7, 11) is 0. The van der Waals surface area contributed by atoms with Gasteiger partial charge in [0.15, 0.2) is 5.82 Å². The van der Waals surface area contributed by atoms with Gasteiger partial charge in [0.25, 0.3) is 0 Å². The molecule has 2 heterocycles. The second-order valence-electron chi connectivity index (χ2n) is 6.00. The van der Waals surface area contributed by atoms with Crippen LogP contribution in [0.15, 0.2) is 0 Å². The average Bonchev–Trinajstić information content (AvgIpc) is 2.89. The van der Waals surface area contributed by atoms with Crippen LogP contribution >= 0.6 is 0 Å². The fourth-order valence-electron chi connectivity index (χ4n) is 3.09. The van der Waals surface area contributed by atoms with Crippen LogP contribution in [-0.2, 0) is 11.8 Å². The van der Waals surface area contributed by atoms with Gasteiger partial charge in [0, 0.05) is 29.3 Å². The molecule has 3 N–H and O–H groups in total. The number of H-pyrrole nitrogens is 1. The number of anilines is 1. The smallest absolute Gasteiger partial charge is 0.151 e. The molecule has 1 atom stereocenters. The van der Waals surface area contributed by atoms with E-state index in [9.17, 15) is 0 Å². The Morgan fingerprint density at radius 2 is 2.29 bits per heavy atom. The molecule has 0 amide bonds. The lowest BCUT2D eigenvalue weighted by Crippen LogP contribution is -2.25. The van der Waals surface area contributed by atoms with Crippen molar-refractivity contribution in [1.29, 1.82) is 0 Å². The Labute approximate surface area is 103 Å². The molecule has 1 unspecified atom stereocenters. The average molecular weight is 234 g/mol. The Balaban J connectivity index is 1.84. The van der Waals surface area contributed by atoms with E-state index in [0.717, 1.165) is 25.3 Å². The number of hydrogen-bond donors (Lipinski definition) is 3. The van der Waals surface area contributed by atoms with Gasteiger partial charge in [-0.2, -0.15) is 5.10 Å². The molecule has 0 aromatic carbocycles. The van der Waals surface area contributed by atoms with Gasteiger partial charge in [-0.3, -0.25) is 5.10 Å². The highest BCUT2D eigenvalue weighted by molar-refractivity contribution is 5.50. The van der Waals surface area contributed by atoms with Crippen LogP contribution in [0.2, 0.25) is 0 Å². The van der Waals surface area contributed by atoms with Crippen molar-refractivity contribution in [2.45, 2.75) is 51.0 Å². The molecule has 0 radical (unpaired) electrons. The molecule has 1 aliphatic carbocycles. The van der Waals surface area contributed by atoms with E-state index in [2.05, 4.69) is 34.7 Å². The fourth-order valence-corrected chi connectivity index (χ4v) is 3.09. The summed E-state index contributed by atoms with van der Waals surface area (Å²) in [5.74, 6) is 1.10. The van der Waals surface area contributed by atoms with E-state index < -0.39 is 0 Å². The van der Waals surface area contributed by atoms with Gasteiger partial charge in [-0.1, -0.05) is 13.8 Å². The van der Waals surface area contributed by atoms with Crippen molar-refractivity contribution in [2.75, 3.05) is 18.4 Å². The minimum atomic E-state index is 0.258. The summed E-state index contributed by atoms with van der Waals surface area (Å²) >= 11 is 0. The Morgan fingerprint density at radius 3 is 3.06 bits per heavy atom. The number of fused-ring (bicyclic) bond motifs is 1. The van der Waals surface area contributed by atoms with Crippen LogP contribution in [0.1, 0.15) is 44.4 Å². The minimum absolute atomic E-state index is 0.258. The number of aromatic amines is 1. The van der Waals surface area contributed by atoms with Gasteiger partial charge in [0.2, 0.25) is 0 Å². The van der Waals surface area contributed by atoms with E-state index in [0.29, 0.717) is 6.04 Å². The summed E-state index contributed by atoms with van der Waals surface area (Å²) < 4.78 is 0. The third kappa shape index (κ3) is 1.95. The van der Waals surface area contributed by atoms with Crippen molar-refractivity contribution < 1.29 is 0 Å². The first-order valence-corrected chi connectivity index (χ1v) is 6.72. The Morgan fingerprint density at radius 1 is 1.41 bits per heavy atom. The van der Waals surface area contributed by atoms with E-state index in [4.69, 9.17) is 0 Å². The van der Waals surface area contributed by atoms with Gasteiger partial charge in [0.05, 0.1) is 0 Å². The SMILES string of the molecule is CC1(C)CCCc2c(NC3CCNC3)n[nH]c21. The number of rotatable bonds is 2. The van der Waals surface area contributed by atoms with Gasteiger partial charge >= 0.3 is 0 Å². The number of nitrogens with one attached hydrogen (secondary N) is 3. The van der Waals surface area contributed by atoms with Gasteiger partial charge in [-0.25, -0.2) is 0 Å². The van der Waals surface area contributed by atoms with Crippen molar-refractivity contribution in [1.82, 2.24) is 15.5 Å². The molecular formula is C13H22N4. The first-order chi connectivity index (χ1) is 8.17. The largest absolute Gasteiger partial charge is 0.364 e. The molecule has 4 heteroatoms. The molecule has 1 aromatic heterocycles. The monoisotopic (exact) mass is 234 g/mol. The van der Waals surface area contributed by atoms with Crippen molar-refractivity contribution in [2.24, 2.45) is 0 Å². The third-order valence-electron chi connectivity index (χ3n) is 4.17. The van der Waals surface area contributed by atoms with Crippen molar-refractivity contribution in [3.8, 4) is 0 Å². The van der Waals surface area contributed by atoms with Crippen molar-refractivity contribution in [3.05, 3.63) is 11.3 Å². The Hall–Kier alpha value is -1.03. The van der Waals surface area contributed by atoms with Crippen molar-refractivity contribution >= 4 is 5.82 Å². The molecule has 1 aliphatic heterocycles. The fraction of sp³-hybridized carbons (Fsp3) is 0.769. The maximum Gasteiger partial charge on any atom is 0.151 e. The highest BCUT2D eigenvalue weighted by Gasteiger charge is 2.32. The number of hydrogen-bond acceptors (Lipinski definition) is 3. The van der Waals surface area contributed by atoms with E-state index in [1.165, 1.54) is 30.5 Å². The van der Waals surface area contributed by atoms with Crippen molar-refractivity contribution in [3.63, 3.8) is 0 Å². The molecule has 0 saturated carbocycles. The van der Waals surface area contributed by atoms with Gasteiger partial charge in [0.1, 0.15) is 0 Å². The zero-order valence-electron chi connectivity index (χ0n) is 10.8. The molecule has 0 spiro atoms. The summed E-state index contributed by atoms with van der Waals surface area (Å²) in [6, 6.07) is 0.549. The van der Waals surface area contributed by atoms with Crippen LogP contribution < -0.4 is 10.6 Å². The standard InChI is InChI=1S/C13H22N4/c1-13(2)6-3-4-10-11(13)16-17-12(10)15-9-5-7-14-8-9/h9,14H,3-8H2,1-2H3,(H2,15,16,17). The second kappa shape index (κ2) is 4.02. The zero-order valence-corrected chi connectivity index (χ0v) is 10.8. The molecule has 2 aliphatic rings. The first kappa shape index (κ1) is 11.1. The van der Waals surface area contributed by atoms with Crippen LogP contribution in [0.3, 0.4) is 0 Å². The topological polar surface area (TPSA) is 52.7 Å². The zero-order chi connectivity index (χ0) is 11.9. The molecule has 4 nitrogen and oxygen atoms in total. The maximum absolute atomic E-state index is 4.49. The summed E-state index contributed by atoms with van der Waals surface area (Å²) in [5, 5.41) is 14.7. The Kier molecular flexibility index (Phi) is 2.62. The van der Waals surface area contributed by atoms with E-state index >= 15 is 0 Å². The summed E-state index contributed by atoms with van der Waals surface area (Å²) in [5.41, 5.74) is 3.03. The van der Waals surface area contributed by atoms with E-state index in [-0.39, 0.29) is 5.41 Å². The minimum Gasteiger partial charge on any atom is -0.364 e. The normalized spacial score (nSPS) is 26.8. The summed E-state index contributed by atoms with van der Waals surface area (Å²) in [6.45, 7) is 6.80. The Bertz CT molecular complexity index is 402. The third-order valence-corrected chi connectivity index (χ3v) is 4.17. The summed E-state index contributed by atoms with van der Waals surface area (Å²) in [4.78, 5) is 0. The molecule has 1 saturated heterocycles. The maximum atomic E-state index is 4.49. The van der Waals surface area contributed by atoms with Gasteiger partial charge in [-0.15, -0.1) is 0 Å². The van der Waals surface area contributed by atoms with Crippen LogP contribution in [0.25, 0.3) is 0 Å². The molecule has 94 valence electrons. The van der Waals surface area contributed by atoms with Crippen LogP contribution in [-0.4, -0.2) is 29.3 Å². The summed E-state index contributed by atoms with van der Waals surface area (Å²) in [6.07, 6.45) is 4.90. The lowest BCUT2D eigenvalue weighted by atomic mass is 9.76. The number of nitrogens with zero attached hydrogens (tertiary/aromatic N) is 1. The highest BCUT2D eigenvalue weighted by Crippen LogP contribution is 2.38. The van der Waals surface area contributed by atoms with Gasteiger partial charge in [-0.05, 0) is 32.2 Å². The van der Waals surface area contributed by atoms with Gasteiger partial charge < -0.3 is 10.6 Å². The number of aromatic nitrogens is 2. The molecular weight excluding hydrogens is 212 g/mol. The molecule has 0 bridgehead atoms. The molecule has 1 fully saturated rings. The molecule has 17 heavy (non-hydrogen) atoms. The highest BCUT2D eigenvalue weighted by atomic mass is 15.2. The lowest BCUT2D eigenvalue weighted by molar-refractivity contribution is 0.420. The van der Waals surface area contributed by atoms with Crippen LogP contribution in [0.4, 0.5) is 5.82 Å². The lowest BCUT2D eigenvalue weighted by Gasteiger charge is -2.29. The van der Waals surface area contributed by atoms with E-state index in [1.54, 1.807) is 0 Å². The quantitative estimate of drug-likeness (QED) is 0.731. The van der Waals surface area contributed by atoms with Crippen LogP contribution in [0, 0.1) is 0 Å². The first-order valence-electron chi connectivity index (χ1n) is 6.72. The predicted molar refractivity (Wildman–Crippen MR) is 69.4 cm³/mol. The molecule has 1 aromatic rings. The second-order valence-corrected chi connectivity index (χ2v) is 6.00. The van der Waals surface area contributed by atoms with Crippen LogP contribution in [0.5, 0.6) is 0 Å².